The average molecular weight is 173 g/mol. The topological polar surface area (TPSA) is 46.6 Å². The lowest BCUT2D eigenvalue weighted by molar-refractivity contribution is -0.160. The third-order valence-corrected chi connectivity index (χ3v) is 1.58. The third kappa shape index (κ3) is 3.37. The maximum absolute atomic E-state index is 10.9. The summed E-state index contributed by atoms with van der Waals surface area (Å²) in [6.07, 6.45) is 0.176. The number of rotatable bonds is 3. The molecule has 4 nitrogen and oxygen atoms in total. The molecule has 4 heteroatoms. The van der Waals surface area contributed by atoms with E-state index in [1.54, 1.807) is 7.05 Å². The highest BCUT2D eigenvalue weighted by Crippen LogP contribution is 2.03. The van der Waals surface area contributed by atoms with Gasteiger partial charge in [0.2, 0.25) is 5.91 Å². The number of amides is 1. The normalized spacial score (nSPS) is 12.0. The van der Waals surface area contributed by atoms with E-state index in [0.717, 1.165) is 0 Å². The van der Waals surface area contributed by atoms with Gasteiger partial charge in [0.1, 0.15) is 0 Å². The molecule has 70 valence electrons. The first kappa shape index (κ1) is 10.9. The van der Waals surface area contributed by atoms with Crippen molar-refractivity contribution in [2.75, 3.05) is 7.05 Å². The smallest absolute Gasteiger partial charge is 0.304 e. The van der Waals surface area contributed by atoms with Crippen molar-refractivity contribution in [3.05, 3.63) is 0 Å². The van der Waals surface area contributed by atoms with E-state index in [-0.39, 0.29) is 11.9 Å². The first-order chi connectivity index (χ1) is 5.49. The Morgan fingerprint density at radius 3 is 2.17 bits per heavy atom. The van der Waals surface area contributed by atoms with E-state index < -0.39 is 6.23 Å². The van der Waals surface area contributed by atoms with Crippen molar-refractivity contribution in [2.24, 2.45) is 0 Å². The molecule has 0 fully saturated rings. The van der Waals surface area contributed by atoms with Crippen LogP contribution in [-0.4, -0.2) is 30.1 Å². The van der Waals surface area contributed by atoms with Gasteiger partial charge in [-0.15, -0.1) is 0 Å². The first-order valence-electron chi connectivity index (χ1n) is 3.89. The predicted octanol–water partition coefficient (Wildman–Crippen LogP) is 0.764. The number of carbonyl (C=O) groups excluding carboxylic acids is 2. The molecule has 0 N–H and O–H groups in total. The summed E-state index contributed by atoms with van der Waals surface area (Å²) >= 11 is 0. The van der Waals surface area contributed by atoms with Crippen LogP contribution in [0.25, 0.3) is 0 Å². The standard InChI is InChI=1S/C8H15NO3/c1-5-8(12-7(3)11)9(4)6(2)10/h8H,5H2,1-4H3. The largest absolute Gasteiger partial charge is 0.442 e. The fraction of sp³-hybridized carbons (Fsp3) is 0.750. The van der Waals surface area contributed by atoms with E-state index >= 15 is 0 Å². The second-order valence-corrected chi connectivity index (χ2v) is 2.60. The molecule has 0 heterocycles. The Morgan fingerprint density at radius 2 is 1.92 bits per heavy atom. The van der Waals surface area contributed by atoms with E-state index in [1.807, 2.05) is 6.92 Å². The number of esters is 1. The molecule has 0 saturated carbocycles. The Balaban J connectivity index is 4.14. The summed E-state index contributed by atoms with van der Waals surface area (Å²) in [4.78, 5) is 22.8. The molecule has 0 aromatic carbocycles. The van der Waals surface area contributed by atoms with Crippen LogP contribution in [0.5, 0.6) is 0 Å². The van der Waals surface area contributed by atoms with Gasteiger partial charge in [-0.2, -0.15) is 0 Å². The van der Waals surface area contributed by atoms with Crippen molar-refractivity contribution in [2.45, 2.75) is 33.4 Å². The van der Waals surface area contributed by atoms with Gasteiger partial charge in [-0.05, 0) is 0 Å². The van der Waals surface area contributed by atoms with Gasteiger partial charge in [-0.3, -0.25) is 9.59 Å². The maximum Gasteiger partial charge on any atom is 0.304 e. The van der Waals surface area contributed by atoms with Crippen molar-refractivity contribution in [1.82, 2.24) is 4.90 Å². The van der Waals surface area contributed by atoms with Gasteiger partial charge in [0.25, 0.3) is 0 Å². The van der Waals surface area contributed by atoms with E-state index in [1.165, 1.54) is 18.7 Å². The molecular weight excluding hydrogens is 158 g/mol. The van der Waals surface area contributed by atoms with Crippen LogP contribution in [0.15, 0.2) is 0 Å². The number of ether oxygens (including phenoxy) is 1. The zero-order valence-electron chi connectivity index (χ0n) is 7.96. The zero-order chi connectivity index (χ0) is 9.72. The molecule has 0 radical (unpaired) electrons. The predicted molar refractivity (Wildman–Crippen MR) is 44.3 cm³/mol. The summed E-state index contributed by atoms with van der Waals surface area (Å²) in [6, 6.07) is 0. The summed E-state index contributed by atoms with van der Waals surface area (Å²) in [5.74, 6) is -0.474. The van der Waals surface area contributed by atoms with E-state index in [0.29, 0.717) is 6.42 Å². The van der Waals surface area contributed by atoms with Crippen molar-refractivity contribution in [3.8, 4) is 0 Å². The molecule has 0 aromatic heterocycles. The molecular formula is C8H15NO3. The van der Waals surface area contributed by atoms with E-state index in [2.05, 4.69) is 0 Å². The van der Waals surface area contributed by atoms with Gasteiger partial charge >= 0.3 is 5.97 Å². The van der Waals surface area contributed by atoms with Crippen molar-refractivity contribution in [1.29, 1.82) is 0 Å². The second-order valence-electron chi connectivity index (χ2n) is 2.60. The van der Waals surface area contributed by atoms with Crippen LogP contribution in [0.4, 0.5) is 0 Å². The number of carbonyl (C=O) groups is 2. The van der Waals surface area contributed by atoms with Crippen LogP contribution in [0.1, 0.15) is 27.2 Å². The van der Waals surface area contributed by atoms with E-state index in [9.17, 15) is 9.59 Å². The van der Waals surface area contributed by atoms with Crippen LogP contribution in [0.3, 0.4) is 0 Å². The SMILES string of the molecule is CCC(OC(C)=O)N(C)C(C)=O. The lowest BCUT2D eigenvalue weighted by Crippen LogP contribution is -2.38. The molecule has 0 bridgehead atoms. The fourth-order valence-corrected chi connectivity index (χ4v) is 0.831. The van der Waals surface area contributed by atoms with Crippen molar-refractivity contribution in [3.63, 3.8) is 0 Å². The maximum atomic E-state index is 10.9. The van der Waals surface area contributed by atoms with Crippen LogP contribution in [0.2, 0.25) is 0 Å². The molecule has 0 aromatic rings. The monoisotopic (exact) mass is 173 g/mol. The number of hydrogen-bond acceptors (Lipinski definition) is 3. The molecule has 1 atom stereocenters. The van der Waals surface area contributed by atoms with Crippen LogP contribution < -0.4 is 0 Å². The number of nitrogens with zero attached hydrogens (tertiary/aromatic N) is 1. The summed E-state index contributed by atoms with van der Waals surface area (Å²) in [5.41, 5.74) is 0. The molecule has 12 heavy (non-hydrogen) atoms. The van der Waals surface area contributed by atoms with Gasteiger partial charge in [-0.25, -0.2) is 0 Å². The Kier molecular flexibility index (Phi) is 4.33. The lowest BCUT2D eigenvalue weighted by Gasteiger charge is -2.25. The fourth-order valence-electron chi connectivity index (χ4n) is 0.831. The summed E-state index contributed by atoms with van der Waals surface area (Å²) in [7, 11) is 1.61. The summed E-state index contributed by atoms with van der Waals surface area (Å²) in [6.45, 7) is 4.62. The molecule has 0 aliphatic carbocycles. The van der Waals surface area contributed by atoms with Crippen molar-refractivity contribution < 1.29 is 14.3 Å². The minimum atomic E-state index is -0.431. The minimum absolute atomic E-state index is 0.108. The molecule has 0 saturated heterocycles. The zero-order valence-corrected chi connectivity index (χ0v) is 7.96. The van der Waals surface area contributed by atoms with Crippen LogP contribution in [0, 0.1) is 0 Å². The van der Waals surface area contributed by atoms with Crippen LogP contribution in [-0.2, 0) is 14.3 Å². The van der Waals surface area contributed by atoms with Gasteiger partial charge in [0, 0.05) is 27.3 Å². The highest BCUT2D eigenvalue weighted by molar-refractivity contribution is 5.73. The van der Waals surface area contributed by atoms with Gasteiger partial charge in [-0.1, -0.05) is 6.92 Å². The molecule has 0 rings (SSSR count). The molecule has 0 aliphatic rings. The molecule has 0 aliphatic heterocycles. The van der Waals surface area contributed by atoms with E-state index in [4.69, 9.17) is 4.74 Å². The average Bonchev–Trinajstić information content (AvgIpc) is 1.98. The van der Waals surface area contributed by atoms with Gasteiger partial charge in [0.15, 0.2) is 6.23 Å². The Labute approximate surface area is 72.5 Å². The quantitative estimate of drug-likeness (QED) is 0.467. The van der Waals surface area contributed by atoms with Gasteiger partial charge < -0.3 is 9.64 Å². The molecule has 1 unspecified atom stereocenters. The highest BCUT2D eigenvalue weighted by atomic mass is 16.6. The number of hydrogen-bond donors (Lipinski definition) is 0. The summed E-state index contributed by atoms with van der Waals surface area (Å²) in [5, 5.41) is 0. The highest BCUT2D eigenvalue weighted by Gasteiger charge is 2.16. The second kappa shape index (κ2) is 4.74. The Morgan fingerprint density at radius 1 is 1.42 bits per heavy atom. The molecule has 1 amide bonds. The summed E-state index contributed by atoms with van der Waals surface area (Å²) < 4.78 is 4.89. The van der Waals surface area contributed by atoms with Gasteiger partial charge in [0.05, 0.1) is 0 Å². The van der Waals surface area contributed by atoms with Crippen molar-refractivity contribution >= 4 is 11.9 Å². The lowest BCUT2D eigenvalue weighted by atomic mass is 10.4. The molecule has 0 spiro atoms. The van der Waals surface area contributed by atoms with Crippen LogP contribution >= 0.6 is 0 Å². The first-order valence-corrected chi connectivity index (χ1v) is 3.89. The Bertz CT molecular complexity index is 179. The third-order valence-electron chi connectivity index (χ3n) is 1.58. The minimum Gasteiger partial charge on any atom is -0.442 e. The Hall–Kier alpha value is -1.06.